The van der Waals surface area contributed by atoms with Gasteiger partial charge in [0.05, 0.1) is 9.35 Å². The average molecular weight is 332 g/mol. The monoisotopic (exact) mass is 331 g/mol. The Morgan fingerprint density at radius 2 is 2.33 bits per heavy atom. The predicted octanol–water partition coefficient (Wildman–Crippen LogP) is 2.84. The van der Waals surface area contributed by atoms with Crippen molar-refractivity contribution in [1.29, 1.82) is 0 Å². The first-order valence-electron chi connectivity index (χ1n) is 5.81. The van der Waals surface area contributed by atoms with Gasteiger partial charge in [0.1, 0.15) is 0 Å². The molecular formula is C12H14BrNO3S. The number of hydrogen-bond acceptors (Lipinski definition) is 3. The van der Waals surface area contributed by atoms with E-state index in [9.17, 15) is 9.59 Å². The molecule has 0 aromatic carbocycles. The van der Waals surface area contributed by atoms with Crippen molar-refractivity contribution >= 4 is 39.1 Å². The molecule has 2 heterocycles. The maximum Gasteiger partial charge on any atom is 0.303 e. The second-order valence-electron chi connectivity index (χ2n) is 4.50. The topological polar surface area (TPSA) is 57.6 Å². The summed E-state index contributed by atoms with van der Waals surface area (Å²) in [4.78, 5) is 24.7. The number of amides is 1. The Bertz CT molecular complexity index is 460. The molecule has 1 unspecified atom stereocenters. The van der Waals surface area contributed by atoms with Crippen molar-refractivity contribution in [1.82, 2.24) is 4.90 Å². The molecule has 6 heteroatoms. The molecule has 1 fully saturated rings. The summed E-state index contributed by atoms with van der Waals surface area (Å²) in [6.45, 7) is 1.28. The minimum atomic E-state index is -0.785. The average Bonchev–Trinajstić information content (AvgIpc) is 2.74. The minimum absolute atomic E-state index is 0.00652. The summed E-state index contributed by atoms with van der Waals surface area (Å²) in [6, 6.07) is 1.81. The van der Waals surface area contributed by atoms with E-state index in [4.69, 9.17) is 5.11 Å². The van der Waals surface area contributed by atoms with Crippen LogP contribution in [0.15, 0.2) is 15.2 Å². The number of likely N-dealkylation sites (tertiary alicyclic amines) is 1. The van der Waals surface area contributed by atoms with Crippen molar-refractivity contribution in [2.45, 2.75) is 19.3 Å². The third-order valence-electron chi connectivity index (χ3n) is 3.08. The van der Waals surface area contributed by atoms with Gasteiger partial charge in [-0.3, -0.25) is 9.59 Å². The lowest BCUT2D eigenvalue weighted by Crippen LogP contribution is -2.40. The highest BCUT2D eigenvalue weighted by molar-refractivity contribution is 9.11. The summed E-state index contributed by atoms with van der Waals surface area (Å²) in [5, 5.41) is 10.6. The van der Waals surface area contributed by atoms with Gasteiger partial charge in [-0.25, -0.2) is 0 Å². The maximum atomic E-state index is 12.2. The fourth-order valence-electron chi connectivity index (χ4n) is 2.27. The van der Waals surface area contributed by atoms with Gasteiger partial charge in [0.2, 0.25) is 0 Å². The fourth-order valence-corrected chi connectivity index (χ4v) is 3.40. The molecule has 98 valence electrons. The largest absolute Gasteiger partial charge is 0.481 e. The van der Waals surface area contributed by atoms with Gasteiger partial charge >= 0.3 is 5.97 Å². The van der Waals surface area contributed by atoms with Gasteiger partial charge in [-0.15, -0.1) is 11.3 Å². The highest BCUT2D eigenvalue weighted by Gasteiger charge is 2.26. The van der Waals surface area contributed by atoms with Crippen LogP contribution in [0.1, 0.15) is 29.6 Å². The molecule has 0 spiro atoms. The molecule has 0 aliphatic carbocycles. The third kappa shape index (κ3) is 3.32. The number of rotatable bonds is 3. The summed E-state index contributed by atoms with van der Waals surface area (Å²) < 4.78 is 0.935. The van der Waals surface area contributed by atoms with Crippen LogP contribution < -0.4 is 0 Å². The molecule has 1 amide bonds. The second-order valence-corrected chi connectivity index (χ2v) is 6.79. The van der Waals surface area contributed by atoms with Gasteiger partial charge in [0.15, 0.2) is 0 Å². The van der Waals surface area contributed by atoms with Gasteiger partial charge < -0.3 is 10.0 Å². The highest BCUT2D eigenvalue weighted by Crippen LogP contribution is 2.25. The van der Waals surface area contributed by atoms with Crippen molar-refractivity contribution in [3.05, 3.63) is 20.8 Å². The van der Waals surface area contributed by atoms with E-state index in [2.05, 4.69) is 15.9 Å². The van der Waals surface area contributed by atoms with E-state index >= 15 is 0 Å². The molecule has 0 saturated carbocycles. The summed E-state index contributed by atoms with van der Waals surface area (Å²) in [5.41, 5.74) is 0.683. The van der Waals surface area contributed by atoms with Crippen molar-refractivity contribution in [3.63, 3.8) is 0 Å². The number of carbonyl (C=O) groups excluding carboxylic acids is 1. The van der Waals surface area contributed by atoms with Crippen LogP contribution in [0, 0.1) is 5.92 Å². The van der Waals surface area contributed by atoms with Gasteiger partial charge in [-0.2, -0.15) is 0 Å². The standard InChI is InChI=1S/C12H14BrNO3S/c13-10-5-9(7-18-10)12(17)14-3-1-2-8(6-14)4-11(15)16/h5,7-8H,1-4,6H2,(H,15,16). The van der Waals surface area contributed by atoms with E-state index in [1.807, 2.05) is 11.4 Å². The molecule has 1 aromatic rings. The normalized spacial score (nSPS) is 19.8. The van der Waals surface area contributed by atoms with Crippen molar-refractivity contribution in [3.8, 4) is 0 Å². The van der Waals surface area contributed by atoms with Crippen LogP contribution in [0.25, 0.3) is 0 Å². The molecule has 2 rings (SSSR count). The third-order valence-corrected chi connectivity index (χ3v) is 4.59. The predicted molar refractivity (Wildman–Crippen MR) is 72.9 cm³/mol. The lowest BCUT2D eigenvalue weighted by Gasteiger charge is -2.31. The van der Waals surface area contributed by atoms with E-state index in [1.54, 1.807) is 4.90 Å². The highest BCUT2D eigenvalue weighted by atomic mass is 79.9. The molecule has 1 aliphatic heterocycles. The first-order valence-corrected chi connectivity index (χ1v) is 7.48. The van der Waals surface area contributed by atoms with Gasteiger partial charge in [-0.1, -0.05) is 0 Å². The molecule has 4 nitrogen and oxygen atoms in total. The molecule has 18 heavy (non-hydrogen) atoms. The van der Waals surface area contributed by atoms with Gasteiger partial charge in [-0.05, 0) is 40.8 Å². The molecule has 1 aliphatic rings. The van der Waals surface area contributed by atoms with E-state index in [1.165, 1.54) is 11.3 Å². The van der Waals surface area contributed by atoms with Crippen LogP contribution in [0.3, 0.4) is 0 Å². The molecular weight excluding hydrogens is 318 g/mol. The number of thiophene rings is 1. The van der Waals surface area contributed by atoms with E-state index in [-0.39, 0.29) is 18.2 Å². The zero-order valence-electron chi connectivity index (χ0n) is 9.76. The van der Waals surface area contributed by atoms with Gasteiger partial charge in [0, 0.05) is 24.9 Å². The van der Waals surface area contributed by atoms with Crippen LogP contribution in [0.2, 0.25) is 0 Å². The zero-order valence-corrected chi connectivity index (χ0v) is 12.2. The Kier molecular flexibility index (Phi) is 4.40. The lowest BCUT2D eigenvalue weighted by molar-refractivity contribution is -0.138. The second kappa shape index (κ2) is 5.84. The zero-order chi connectivity index (χ0) is 13.1. The van der Waals surface area contributed by atoms with Crippen molar-refractivity contribution in [2.24, 2.45) is 5.92 Å². The first-order chi connectivity index (χ1) is 8.56. The SMILES string of the molecule is O=C(O)CC1CCCN(C(=O)c2csc(Br)c2)C1. The first kappa shape index (κ1) is 13.5. The number of hydrogen-bond donors (Lipinski definition) is 1. The summed E-state index contributed by atoms with van der Waals surface area (Å²) in [5.74, 6) is -0.693. The Balaban J connectivity index is 2.00. The summed E-state index contributed by atoms with van der Waals surface area (Å²) in [6.07, 6.45) is 1.93. The number of carbonyl (C=O) groups is 2. The van der Waals surface area contributed by atoms with Crippen LogP contribution in [-0.2, 0) is 4.79 Å². The lowest BCUT2D eigenvalue weighted by atomic mass is 9.94. The quantitative estimate of drug-likeness (QED) is 0.926. The van der Waals surface area contributed by atoms with Crippen LogP contribution in [-0.4, -0.2) is 35.0 Å². The molecule has 1 aromatic heterocycles. The number of halogens is 1. The molecule has 0 radical (unpaired) electrons. The number of piperidine rings is 1. The van der Waals surface area contributed by atoms with Crippen molar-refractivity contribution in [2.75, 3.05) is 13.1 Å². The summed E-state index contributed by atoms with van der Waals surface area (Å²) in [7, 11) is 0. The van der Waals surface area contributed by atoms with Crippen LogP contribution >= 0.6 is 27.3 Å². The Labute approximate surface area is 118 Å². The summed E-state index contributed by atoms with van der Waals surface area (Å²) >= 11 is 4.82. The van der Waals surface area contributed by atoms with E-state index in [0.29, 0.717) is 12.1 Å². The van der Waals surface area contributed by atoms with Crippen molar-refractivity contribution < 1.29 is 14.7 Å². The molecule has 0 bridgehead atoms. The smallest absolute Gasteiger partial charge is 0.303 e. The van der Waals surface area contributed by atoms with E-state index < -0.39 is 5.97 Å². The number of nitrogens with zero attached hydrogens (tertiary/aromatic N) is 1. The minimum Gasteiger partial charge on any atom is -0.481 e. The molecule has 1 N–H and O–H groups in total. The number of aliphatic carboxylic acids is 1. The Morgan fingerprint density at radius 3 is 2.94 bits per heavy atom. The number of carboxylic acid groups (broad SMARTS) is 1. The molecule has 1 saturated heterocycles. The van der Waals surface area contributed by atoms with E-state index in [0.717, 1.165) is 23.2 Å². The molecule has 1 atom stereocenters. The Hall–Kier alpha value is -0.880. The van der Waals surface area contributed by atoms with Crippen LogP contribution in [0.4, 0.5) is 0 Å². The number of carboxylic acids is 1. The Morgan fingerprint density at radius 1 is 1.56 bits per heavy atom. The maximum absolute atomic E-state index is 12.2. The van der Waals surface area contributed by atoms with Gasteiger partial charge in [0.25, 0.3) is 5.91 Å². The van der Waals surface area contributed by atoms with Crippen LogP contribution in [0.5, 0.6) is 0 Å². The fraction of sp³-hybridized carbons (Fsp3) is 0.500.